The van der Waals surface area contributed by atoms with E-state index in [9.17, 15) is 9.59 Å². The number of carbonyl (C=O) groups is 2. The van der Waals surface area contributed by atoms with E-state index in [1.54, 1.807) is 30.1 Å². The van der Waals surface area contributed by atoms with E-state index >= 15 is 0 Å². The van der Waals surface area contributed by atoms with Crippen molar-refractivity contribution in [2.75, 3.05) is 13.6 Å². The number of hydrogen-bond donors (Lipinski definition) is 1. The molecule has 2 amide bonds. The number of imidazole rings is 1. The van der Waals surface area contributed by atoms with Gasteiger partial charge in [-0.05, 0) is 0 Å². The molecule has 0 aliphatic rings. The quantitative estimate of drug-likeness (QED) is 0.538. The van der Waals surface area contributed by atoms with Crippen molar-refractivity contribution >= 4 is 11.8 Å². The molecule has 17 heavy (non-hydrogen) atoms. The summed E-state index contributed by atoms with van der Waals surface area (Å²) in [6.45, 7) is 0.0587. The van der Waals surface area contributed by atoms with Crippen LogP contribution in [0.15, 0.2) is 12.4 Å². The molecule has 0 radical (unpaired) electrons. The molecule has 0 saturated heterocycles. The van der Waals surface area contributed by atoms with Gasteiger partial charge >= 0.3 is 11.8 Å². The predicted octanol–water partition coefficient (Wildman–Crippen LogP) is -0.982. The molecule has 0 fully saturated rings. The summed E-state index contributed by atoms with van der Waals surface area (Å²) >= 11 is 0. The zero-order valence-electron chi connectivity index (χ0n) is 9.67. The zero-order chi connectivity index (χ0) is 12.8. The standard InChI is InChI=1S/C10H13N5O2/c1-14-6-5-12-8(14)7-15(2)10(17)9(16)13-4-3-11/h5-6H,4,7H2,1-2H3,(H,13,16). The average Bonchev–Trinajstić information content (AvgIpc) is 2.70. The lowest BCUT2D eigenvalue weighted by Crippen LogP contribution is -2.41. The van der Waals surface area contributed by atoms with Gasteiger partial charge in [-0.3, -0.25) is 9.59 Å². The molecule has 0 aliphatic heterocycles. The monoisotopic (exact) mass is 235 g/mol. The van der Waals surface area contributed by atoms with Crippen molar-refractivity contribution in [1.29, 1.82) is 5.26 Å². The smallest absolute Gasteiger partial charge is 0.312 e. The number of nitriles is 1. The highest BCUT2D eigenvalue weighted by Crippen LogP contribution is 1.99. The summed E-state index contributed by atoms with van der Waals surface area (Å²) in [7, 11) is 3.30. The summed E-state index contributed by atoms with van der Waals surface area (Å²) < 4.78 is 1.76. The molecule has 7 heteroatoms. The molecule has 0 unspecified atom stereocenters. The molecular weight excluding hydrogens is 222 g/mol. The van der Waals surface area contributed by atoms with Crippen LogP contribution < -0.4 is 5.32 Å². The third-order valence-electron chi connectivity index (χ3n) is 2.17. The topological polar surface area (TPSA) is 91.0 Å². The van der Waals surface area contributed by atoms with Crippen LogP contribution >= 0.6 is 0 Å². The van der Waals surface area contributed by atoms with Crippen LogP contribution in [0.25, 0.3) is 0 Å². The number of aromatic nitrogens is 2. The number of amides is 2. The Morgan fingerprint density at radius 2 is 2.35 bits per heavy atom. The molecule has 7 nitrogen and oxygen atoms in total. The maximum atomic E-state index is 11.6. The second kappa shape index (κ2) is 5.65. The molecule has 0 aliphatic carbocycles. The van der Waals surface area contributed by atoms with Crippen molar-refractivity contribution in [2.24, 2.45) is 7.05 Å². The predicted molar refractivity (Wildman–Crippen MR) is 58.3 cm³/mol. The van der Waals surface area contributed by atoms with Gasteiger partial charge in [0, 0.05) is 26.5 Å². The Hall–Kier alpha value is -2.36. The molecule has 1 aromatic rings. The first-order valence-electron chi connectivity index (χ1n) is 4.92. The molecule has 0 spiro atoms. The summed E-state index contributed by atoms with van der Waals surface area (Å²) in [5.41, 5.74) is 0. The number of rotatable bonds is 3. The maximum absolute atomic E-state index is 11.6. The molecule has 1 heterocycles. The van der Waals surface area contributed by atoms with Crippen LogP contribution in [0.4, 0.5) is 0 Å². The van der Waals surface area contributed by atoms with E-state index in [2.05, 4.69) is 10.3 Å². The van der Waals surface area contributed by atoms with Crippen LogP contribution in [-0.4, -0.2) is 39.9 Å². The molecule has 0 atom stereocenters. The number of aryl methyl sites for hydroxylation is 1. The number of carbonyl (C=O) groups excluding carboxylic acids is 2. The Labute approximate surface area is 98.7 Å². The first-order valence-corrected chi connectivity index (χ1v) is 4.92. The minimum atomic E-state index is -0.789. The van der Waals surface area contributed by atoms with Crippen LogP contribution in [0, 0.1) is 11.3 Å². The van der Waals surface area contributed by atoms with E-state index in [-0.39, 0.29) is 13.1 Å². The largest absolute Gasteiger partial charge is 0.337 e. The fourth-order valence-corrected chi connectivity index (χ4v) is 1.20. The van der Waals surface area contributed by atoms with Crippen molar-refractivity contribution < 1.29 is 9.59 Å². The molecule has 1 N–H and O–H groups in total. The first-order chi connectivity index (χ1) is 8.06. The van der Waals surface area contributed by atoms with Gasteiger partial charge in [0.2, 0.25) is 0 Å². The van der Waals surface area contributed by atoms with Crippen LogP contribution in [-0.2, 0) is 23.2 Å². The summed E-state index contributed by atoms with van der Waals surface area (Å²) in [5.74, 6) is -0.805. The van der Waals surface area contributed by atoms with E-state index in [1.165, 1.54) is 11.9 Å². The van der Waals surface area contributed by atoms with Crippen molar-refractivity contribution in [3.05, 3.63) is 18.2 Å². The molecule has 1 rings (SSSR count). The van der Waals surface area contributed by atoms with Crippen LogP contribution in [0.2, 0.25) is 0 Å². The number of likely N-dealkylation sites (N-methyl/N-ethyl adjacent to an activating group) is 1. The Morgan fingerprint density at radius 1 is 1.65 bits per heavy atom. The van der Waals surface area contributed by atoms with Gasteiger partial charge in [-0.25, -0.2) is 4.98 Å². The van der Waals surface area contributed by atoms with Gasteiger partial charge in [0.25, 0.3) is 0 Å². The number of nitrogens with zero attached hydrogens (tertiary/aromatic N) is 4. The highest BCUT2D eigenvalue weighted by molar-refractivity contribution is 6.34. The minimum Gasteiger partial charge on any atom is -0.337 e. The molecule has 90 valence electrons. The van der Waals surface area contributed by atoms with Gasteiger partial charge in [0.15, 0.2) is 0 Å². The van der Waals surface area contributed by atoms with Crippen molar-refractivity contribution in [3.8, 4) is 6.07 Å². The second-order valence-corrected chi connectivity index (χ2v) is 3.46. The van der Waals surface area contributed by atoms with Crippen molar-refractivity contribution in [1.82, 2.24) is 19.8 Å². The number of nitrogens with one attached hydrogen (secondary N) is 1. The van der Waals surface area contributed by atoms with E-state index in [0.29, 0.717) is 5.82 Å². The van der Waals surface area contributed by atoms with Gasteiger partial charge in [-0.1, -0.05) is 0 Å². The Kier molecular flexibility index (Phi) is 4.22. The van der Waals surface area contributed by atoms with E-state index < -0.39 is 11.8 Å². The van der Waals surface area contributed by atoms with Gasteiger partial charge in [-0.15, -0.1) is 0 Å². The lowest BCUT2D eigenvalue weighted by molar-refractivity contribution is -0.145. The zero-order valence-corrected chi connectivity index (χ0v) is 9.67. The Morgan fingerprint density at radius 3 is 2.88 bits per heavy atom. The summed E-state index contributed by atoms with van der Waals surface area (Å²) in [4.78, 5) is 28.1. The summed E-state index contributed by atoms with van der Waals surface area (Å²) in [5, 5.41) is 10.5. The van der Waals surface area contributed by atoms with Gasteiger partial charge < -0.3 is 14.8 Å². The third-order valence-corrected chi connectivity index (χ3v) is 2.17. The normalized spacial score (nSPS) is 9.47. The minimum absolute atomic E-state index is 0.180. The lowest BCUT2D eigenvalue weighted by Gasteiger charge is -2.15. The van der Waals surface area contributed by atoms with E-state index in [4.69, 9.17) is 5.26 Å². The SMILES string of the molecule is CN(Cc1nccn1C)C(=O)C(=O)NCC#N. The molecule has 0 aromatic carbocycles. The van der Waals surface area contributed by atoms with Crippen molar-refractivity contribution in [2.45, 2.75) is 6.54 Å². The summed E-state index contributed by atoms with van der Waals surface area (Å²) in [6, 6.07) is 1.73. The maximum Gasteiger partial charge on any atom is 0.312 e. The number of hydrogen-bond acceptors (Lipinski definition) is 4. The van der Waals surface area contributed by atoms with E-state index in [1.807, 2.05) is 0 Å². The van der Waals surface area contributed by atoms with Gasteiger partial charge in [0.1, 0.15) is 12.4 Å². The van der Waals surface area contributed by atoms with Crippen LogP contribution in [0.3, 0.4) is 0 Å². The van der Waals surface area contributed by atoms with Crippen LogP contribution in [0.1, 0.15) is 5.82 Å². The molecule has 0 saturated carbocycles. The molecule has 0 bridgehead atoms. The Balaban J connectivity index is 2.56. The lowest BCUT2D eigenvalue weighted by atomic mass is 10.4. The highest BCUT2D eigenvalue weighted by Gasteiger charge is 2.19. The highest BCUT2D eigenvalue weighted by atomic mass is 16.2. The van der Waals surface area contributed by atoms with Crippen LogP contribution in [0.5, 0.6) is 0 Å². The van der Waals surface area contributed by atoms with Gasteiger partial charge in [-0.2, -0.15) is 5.26 Å². The van der Waals surface area contributed by atoms with E-state index in [0.717, 1.165) is 0 Å². The third kappa shape index (κ3) is 3.31. The van der Waals surface area contributed by atoms with Crippen molar-refractivity contribution in [3.63, 3.8) is 0 Å². The average molecular weight is 235 g/mol. The second-order valence-electron chi connectivity index (χ2n) is 3.46. The fourth-order valence-electron chi connectivity index (χ4n) is 1.20. The first kappa shape index (κ1) is 12.7. The molecular formula is C10H13N5O2. The Bertz CT molecular complexity index is 460. The fraction of sp³-hybridized carbons (Fsp3) is 0.400. The van der Waals surface area contributed by atoms with Gasteiger partial charge in [0.05, 0.1) is 12.6 Å². The summed E-state index contributed by atoms with van der Waals surface area (Å²) in [6.07, 6.45) is 3.37. The molecule has 1 aromatic heterocycles.